The summed E-state index contributed by atoms with van der Waals surface area (Å²) in [4.78, 5) is 25.4. The summed E-state index contributed by atoms with van der Waals surface area (Å²) in [7, 11) is 0. The molecule has 0 saturated heterocycles. The van der Waals surface area contributed by atoms with E-state index in [-0.39, 0.29) is 25.2 Å². The maximum absolute atomic E-state index is 12.7. The van der Waals surface area contributed by atoms with Gasteiger partial charge in [0.15, 0.2) is 0 Å². The van der Waals surface area contributed by atoms with Gasteiger partial charge in [-0.05, 0) is 70.2 Å². The maximum Gasteiger partial charge on any atom is 0.338 e. The Morgan fingerprint density at radius 1 is 0.611 bits per heavy atom. The lowest BCUT2D eigenvalue weighted by molar-refractivity contribution is 0.0434. The average Bonchev–Trinajstić information content (AvgIpc) is 3.27. The summed E-state index contributed by atoms with van der Waals surface area (Å²) in [6.45, 7) is 9.12. The predicted molar refractivity (Wildman–Crippen MR) is 144 cm³/mol. The van der Waals surface area contributed by atoms with Crippen molar-refractivity contribution in [3.8, 4) is 22.3 Å². The number of rotatable bonds is 9. The molecule has 0 heterocycles. The van der Waals surface area contributed by atoms with Crippen molar-refractivity contribution in [1.82, 2.24) is 0 Å². The van der Waals surface area contributed by atoms with Crippen LogP contribution < -0.4 is 0 Å². The standard InChI is InChI=1S/C32H34O4/c1-21(2)25-11-7-9-23-13-15-27(29(23)19-25)31(33)35-17-5-6-18-36-32(34)28-16-14-24-10-8-12-26(22(3)4)20-30(24)28/h7-16,19-22H,5-6,17-18H2,1-4H3. The first-order valence-corrected chi connectivity index (χ1v) is 12.7. The Morgan fingerprint density at radius 2 is 1.03 bits per heavy atom. The number of unbranched alkanes of at least 4 members (excludes halogenated alkanes) is 1. The highest BCUT2D eigenvalue weighted by Gasteiger charge is 2.19. The van der Waals surface area contributed by atoms with Gasteiger partial charge in [-0.3, -0.25) is 0 Å². The minimum Gasteiger partial charge on any atom is -0.462 e. The van der Waals surface area contributed by atoms with Gasteiger partial charge in [0.05, 0.1) is 24.3 Å². The van der Waals surface area contributed by atoms with Crippen LogP contribution in [0.1, 0.15) is 84.2 Å². The molecule has 186 valence electrons. The molecule has 0 aromatic rings. The zero-order chi connectivity index (χ0) is 25.7. The highest BCUT2D eigenvalue weighted by atomic mass is 16.5. The van der Waals surface area contributed by atoms with Crippen molar-refractivity contribution in [3.05, 3.63) is 95.1 Å². The number of carbonyl (C=O) groups is 2. The van der Waals surface area contributed by atoms with Crippen LogP contribution in [0.25, 0.3) is 22.3 Å². The molecule has 4 heteroatoms. The summed E-state index contributed by atoms with van der Waals surface area (Å²) in [5, 5.41) is 0. The van der Waals surface area contributed by atoms with Crippen molar-refractivity contribution in [2.24, 2.45) is 0 Å². The lowest BCUT2D eigenvalue weighted by Gasteiger charge is -2.08. The van der Waals surface area contributed by atoms with Crippen molar-refractivity contribution in [2.75, 3.05) is 13.2 Å². The largest absolute Gasteiger partial charge is 0.462 e. The van der Waals surface area contributed by atoms with E-state index in [1.54, 1.807) is 0 Å². The molecular weight excluding hydrogens is 448 g/mol. The van der Waals surface area contributed by atoms with Gasteiger partial charge in [0.1, 0.15) is 0 Å². The molecule has 36 heavy (non-hydrogen) atoms. The van der Waals surface area contributed by atoms with E-state index in [1.165, 1.54) is 11.1 Å². The smallest absolute Gasteiger partial charge is 0.338 e. The summed E-state index contributed by atoms with van der Waals surface area (Å²) >= 11 is 0. The second kappa shape index (κ2) is 11.4. The van der Waals surface area contributed by atoms with Gasteiger partial charge in [-0.2, -0.15) is 0 Å². The van der Waals surface area contributed by atoms with E-state index in [1.807, 2.05) is 48.5 Å². The fourth-order valence-corrected chi connectivity index (χ4v) is 4.35. The quantitative estimate of drug-likeness (QED) is 0.179. The number of carbonyl (C=O) groups excluding carboxylic acids is 2. The molecule has 0 fully saturated rings. The fraction of sp³-hybridized carbons (Fsp3) is 0.312. The SMILES string of the molecule is CC(C)c1cccc2ccc(C(=O)OCCCCOC(=O)c3ccc4cccc(C(C)C)cc3-4)c-2c1. The predicted octanol–water partition coefficient (Wildman–Crippen LogP) is 7.94. The van der Waals surface area contributed by atoms with Crippen LogP contribution >= 0.6 is 0 Å². The molecule has 0 aromatic carbocycles. The van der Waals surface area contributed by atoms with Crippen molar-refractivity contribution in [1.29, 1.82) is 0 Å². The van der Waals surface area contributed by atoms with Gasteiger partial charge >= 0.3 is 11.9 Å². The monoisotopic (exact) mass is 482 g/mol. The topological polar surface area (TPSA) is 52.6 Å². The first-order valence-electron chi connectivity index (χ1n) is 12.7. The molecule has 0 radical (unpaired) electrons. The molecule has 4 rings (SSSR count). The molecule has 4 aliphatic rings. The molecule has 0 unspecified atom stereocenters. The molecule has 0 saturated carbocycles. The van der Waals surface area contributed by atoms with E-state index >= 15 is 0 Å². The van der Waals surface area contributed by atoms with E-state index in [4.69, 9.17) is 9.47 Å². The number of hydrogen-bond donors (Lipinski definition) is 0. The lowest BCUT2D eigenvalue weighted by Crippen LogP contribution is -2.09. The third-order valence-electron chi connectivity index (χ3n) is 6.59. The molecule has 0 aliphatic heterocycles. The Hall–Kier alpha value is -3.66. The molecular formula is C32H34O4. The normalized spacial score (nSPS) is 11.4. The van der Waals surface area contributed by atoms with Gasteiger partial charge in [-0.15, -0.1) is 0 Å². The van der Waals surface area contributed by atoms with E-state index < -0.39 is 0 Å². The molecule has 4 nitrogen and oxygen atoms in total. The molecule has 0 atom stereocenters. The Kier molecular flexibility index (Phi) is 8.04. The van der Waals surface area contributed by atoms with E-state index in [0.717, 1.165) is 22.3 Å². The van der Waals surface area contributed by atoms with Crippen molar-refractivity contribution >= 4 is 11.9 Å². The van der Waals surface area contributed by atoms with E-state index in [0.29, 0.717) is 35.8 Å². The fourth-order valence-electron chi connectivity index (χ4n) is 4.35. The molecule has 0 spiro atoms. The summed E-state index contributed by atoms with van der Waals surface area (Å²) < 4.78 is 11.1. The van der Waals surface area contributed by atoms with Gasteiger partial charge in [0.2, 0.25) is 0 Å². The van der Waals surface area contributed by atoms with Crippen LogP contribution in [0.15, 0.2) is 72.8 Å². The summed E-state index contributed by atoms with van der Waals surface area (Å²) in [6.07, 6.45) is 1.24. The van der Waals surface area contributed by atoms with Gasteiger partial charge in [-0.1, -0.05) is 88.4 Å². The Balaban J connectivity index is 1.27. The minimum absolute atomic E-state index is 0.284. The van der Waals surface area contributed by atoms with Gasteiger partial charge in [0, 0.05) is 0 Å². The summed E-state index contributed by atoms with van der Waals surface area (Å²) in [5.41, 5.74) is 7.41. The molecule has 0 N–H and O–H groups in total. The van der Waals surface area contributed by atoms with Crippen molar-refractivity contribution in [2.45, 2.75) is 52.4 Å². The molecule has 0 aromatic heterocycles. The van der Waals surface area contributed by atoms with Crippen LogP contribution in [-0.2, 0) is 9.47 Å². The Labute approximate surface area is 213 Å². The third kappa shape index (κ3) is 5.76. The highest BCUT2D eigenvalue weighted by Crippen LogP contribution is 2.31. The average molecular weight is 483 g/mol. The van der Waals surface area contributed by atoms with E-state index in [9.17, 15) is 9.59 Å². The van der Waals surface area contributed by atoms with Crippen LogP contribution in [0, 0.1) is 0 Å². The van der Waals surface area contributed by atoms with Crippen LogP contribution in [0.4, 0.5) is 0 Å². The van der Waals surface area contributed by atoms with Crippen LogP contribution in [0.2, 0.25) is 0 Å². The lowest BCUT2D eigenvalue weighted by atomic mass is 10.0. The van der Waals surface area contributed by atoms with E-state index in [2.05, 4.69) is 52.0 Å². The van der Waals surface area contributed by atoms with Crippen LogP contribution in [-0.4, -0.2) is 25.2 Å². The zero-order valence-electron chi connectivity index (χ0n) is 21.5. The highest BCUT2D eigenvalue weighted by molar-refractivity contribution is 5.99. The van der Waals surface area contributed by atoms with Crippen LogP contribution in [0.3, 0.4) is 0 Å². The van der Waals surface area contributed by atoms with Crippen LogP contribution in [0.5, 0.6) is 0 Å². The van der Waals surface area contributed by atoms with Crippen molar-refractivity contribution < 1.29 is 19.1 Å². The number of hydrogen-bond acceptors (Lipinski definition) is 4. The Bertz CT molecular complexity index is 1190. The number of fused-ring (bicyclic) bond motifs is 2. The van der Waals surface area contributed by atoms with Gasteiger partial charge in [0.25, 0.3) is 0 Å². The first kappa shape index (κ1) is 25.4. The number of esters is 2. The number of ether oxygens (including phenoxy) is 2. The first-order chi connectivity index (χ1) is 17.3. The molecule has 0 bridgehead atoms. The van der Waals surface area contributed by atoms with Gasteiger partial charge in [-0.25, -0.2) is 9.59 Å². The second-order valence-corrected chi connectivity index (χ2v) is 9.86. The van der Waals surface area contributed by atoms with Gasteiger partial charge < -0.3 is 9.47 Å². The maximum atomic E-state index is 12.7. The Morgan fingerprint density at radius 3 is 1.42 bits per heavy atom. The summed E-state index contributed by atoms with van der Waals surface area (Å²) in [5.74, 6) is 0.0990. The van der Waals surface area contributed by atoms with Crippen molar-refractivity contribution in [3.63, 3.8) is 0 Å². The third-order valence-corrected chi connectivity index (χ3v) is 6.59. The second-order valence-electron chi connectivity index (χ2n) is 9.86. The molecule has 0 amide bonds. The minimum atomic E-state index is -0.319. The zero-order valence-corrected chi connectivity index (χ0v) is 21.5. The molecule has 4 aliphatic carbocycles. The summed E-state index contributed by atoms with van der Waals surface area (Å²) in [6, 6.07) is 24.0.